The van der Waals surface area contributed by atoms with Gasteiger partial charge in [-0.25, -0.2) is 13.8 Å². The van der Waals surface area contributed by atoms with Crippen LogP contribution in [0.4, 0.5) is 20.3 Å². The van der Waals surface area contributed by atoms with Gasteiger partial charge in [0.15, 0.2) is 0 Å². The summed E-state index contributed by atoms with van der Waals surface area (Å²) in [5.74, 6) is -2.08. The number of anilines is 2. The maximum absolute atomic E-state index is 14.2. The molecule has 0 radical (unpaired) electrons. The molecule has 2 aliphatic heterocycles. The molecule has 8 nitrogen and oxygen atoms in total. The van der Waals surface area contributed by atoms with Crippen molar-refractivity contribution < 1.29 is 27.3 Å². The van der Waals surface area contributed by atoms with Crippen molar-refractivity contribution in [2.75, 3.05) is 37.2 Å². The molecule has 1 saturated heterocycles. The van der Waals surface area contributed by atoms with Crippen LogP contribution in [0.5, 0.6) is 0 Å². The lowest BCUT2D eigenvalue weighted by atomic mass is 9.78. The quantitative estimate of drug-likeness (QED) is 0.436. The highest BCUT2D eigenvalue weighted by Crippen LogP contribution is 2.47. The van der Waals surface area contributed by atoms with Crippen molar-refractivity contribution >= 4 is 29.2 Å². The third-order valence-electron chi connectivity index (χ3n) is 9.26. The Hall–Kier alpha value is -4.18. The highest BCUT2D eigenvalue weighted by molar-refractivity contribution is 6.06. The number of amides is 3. The second-order valence-electron chi connectivity index (χ2n) is 12.2. The van der Waals surface area contributed by atoms with Gasteiger partial charge >= 0.3 is 0 Å². The maximum atomic E-state index is 14.2. The van der Waals surface area contributed by atoms with E-state index < -0.39 is 53.8 Å². The second-order valence-corrected chi connectivity index (χ2v) is 12.2. The number of halogens is 2. The summed E-state index contributed by atoms with van der Waals surface area (Å²) in [4.78, 5) is 47.7. The van der Waals surface area contributed by atoms with E-state index in [0.29, 0.717) is 24.3 Å². The molecule has 43 heavy (non-hydrogen) atoms. The highest BCUT2D eigenvalue weighted by atomic mass is 19.1. The molecule has 1 aliphatic carbocycles. The van der Waals surface area contributed by atoms with Gasteiger partial charge in [0.05, 0.1) is 11.5 Å². The molecule has 2 aromatic carbocycles. The Morgan fingerprint density at radius 2 is 1.84 bits per heavy atom. The molecule has 224 valence electrons. The number of hydrogen-bond acceptors (Lipinski definition) is 5. The summed E-state index contributed by atoms with van der Waals surface area (Å²) in [5, 5.41) is 5.74. The number of carbonyl (C=O) groups excluding carboxylic acids is 3. The van der Waals surface area contributed by atoms with Crippen LogP contribution in [0.1, 0.15) is 59.1 Å². The molecular weight excluding hydrogens is 552 g/mol. The zero-order valence-electron chi connectivity index (χ0n) is 27.0. The van der Waals surface area contributed by atoms with Gasteiger partial charge in [-0.1, -0.05) is 19.1 Å². The number of aromatic nitrogens is 1. The monoisotopic (exact) mass is 593 g/mol. The molecule has 10 heteroatoms. The molecule has 1 spiro atoms. The van der Waals surface area contributed by atoms with Gasteiger partial charge in [0.25, 0.3) is 0 Å². The first-order chi connectivity index (χ1) is 21.7. The summed E-state index contributed by atoms with van der Waals surface area (Å²) in [7, 11) is 0. The molecule has 0 saturated carbocycles. The molecule has 1 aromatic heterocycles. The molecule has 3 aliphatic rings. The van der Waals surface area contributed by atoms with Gasteiger partial charge in [-0.3, -0.25) is 14.4 Å². The number of likely N-dealkylation sites (tertiary alicyclic amines) is 1. The van der Waals surface area contributed by atoms with Crippen LogP contribution in [-0.2, 0) is 32.6 Å². The van der Waals surface area contributed by atoms with Gasteiger partial charge in [0.1, 0.15) is 24.0 Å². The van der Waals surface area contributed by atoms with E-state index in [4.69, 9.17) is 4.11 Å². The van der Waals surface area contributed by atoms with Crippen LogP contribution < -0.4 is 10.6 Å². The van der Waals surface area contributed by atoms with Crippen molar-refractivity contribution in [2.45, 2.75) is 51.0 Å². The lowest BCUT2D eigenvalue weighted by Gasteiger charge is -2.41. The summed E-state index contributed by atoms with van der Waals surface area (Å²) in [6.07, 6.45) is 3.06. The van der Waals surface area contributed by atoms with Crippen molar-refractivity contribution in [3.63, 3.8) is 0 Å². The van der Waals surface area contributed by atoms with E-state index in [9.17, 15) is 23.2 Å². The molecule has 3 aromatic rings. The molecule has 2 atom stereocenters. The normalized spacial score (nSPS) is 22.5. The predicted octanol–water partition coefficient (Wildman–Crippen LogP) is 4.61. The number of benzene rings is 2. The van der Waals surface area contributed by atoms with Crippen molar-refractivity contribution in [1.82, 2.24) is 14.8 Å². The molecular formula is C33H35F2N5O3. The third kappa shape index (κ3) is 5.29. The Balaban J connectivity index is 1.22. The molecule has 1 fully saturated rings. The number of piperidine rings is 1. The van der Waals surface area contributed by atoms with E-state index in [1.165, 1.54) is 9.80 Å². The average molecular weight is 594 g/mol. The number of nitrogens with one attached hydrogen (secondary N) is 2. The van der Waals surface area contributed by atoms with Crippen molar-refractivity contribution in [2.24, 2.45) is 5.41 Å². The van der Waals surface area contributed by atoms with Crippen molar-refractivity contribution in [1.29, 1.82) is 0 Å². The summed E-state index contributed by atoms with van der Waals surface area (Å²) in [6, 6.07) is 11.3. The summed E-state index contributed by atoms with van der Waals surface area (Å²) < 4.78 is 51.6. The van der Waals surface area contributed by atoms with Gasteiger partial charge in [0.2, 0.25) is 17.7 Å². The molecule has 0 unspecified atom stereocenters. The second kappa shape index (κ2) is 10.8. The molecule has 2 N–H and O–H groups in total. The smallest absolute Gasteiger partial charge is 0.244 e. The van der Waals surface area contributed by atoms with E-state index in [1.54, 1.807) is 32.2 Å². The fraction of sp³-hybridized carbons (Fsp3) is 0.394. The third-order valence-corrected chi connectivity index (χ3v) is 9.26. The van der Waals surface area contributed by atoms with Crippen molar-refractivity contribution in [3.05, 3.63) is 88.6 Å². The van der Waals surface area contributed by atoms with E-state index in [-0.39, 0.29) is 37.4 Å². The lowest BCUT2D eigenvalue weighted by Crippen LogP contribution is -2.50. The standard InChI is InChI=1S/C33H35F2N5O3/c1-20(22-13-24(34)16-25(35)14-22)40(31(43)32(2)8-11-39(3)12-9-32)19-28(41)37-26-7-6-21-17-33(18-23(21)15-26)27-5-4-10-36-29(27)38-30(33)42/h4-7,10,13-16,20H,8-9,11-12,17-19H2,1-3H3,(H,37,41)(H,36,38,42)/t20-,33-/m1/s1/i3T3. The van der Waals surface area contributed by atoms with Gasteiger partial charge in [0, 0.05) is 33.0 Å². The maximum Gasteiger partial charge on any atom is 0.244 e. The molecule has 3 heterocycles. The first-order valence-electron chi connectivity index (χ1n) is 15.9. The molecule has 6 rings (SSSR count). The Morgan fingerprint density at radius 1 is 1.12 bits per heavy atom. The average Bonchev–Trinajstić information content (AvgIpc) is 3.51. The number of pyridine rings is 1. The Labute approximate surface area is 253 Å². The van der Waals surface area contributed by atoms with Crippen LogP contribution in [0.3, 0.4) is 0 Å². The first-order valence-corrected chi connectivity index (χ1v) is 14.4. The van der Waals surface area contributed by atoms with Crippen molar-refractivity contribution in [3.8, 4) is 0 Å². The number of hydrogen-bond donors (Lipinski definition) is 2. The van der Waals surface area contributed by atoms with Crippen LogP contribution in [0.2, 0.25) is 0 Å². The number of rotatable bonds is 6. The van der Waals surface area contributed by atoms with E-state index in [1.807, 2.05) is 18.2 Å². The van der Waals surface area contributed by atoms with Gasteiger partial charge in [-0.05, 0) is 99.7 Å². The summed E-state index contributed by atoms with van der Waals surface area (Å²) >= 11 is 0. The number of fused-ring (bicyclic) bond motifs is 3. The van der Waals surface area contributed by atoms with Crippen LogP contribution in [0.15, 0.2) is 54.7 Å². The van der Waals surface area contributed by atoms with Crippen LogP contribution in [0.25, 0.3) is 0 Å². The van der Waals surface area contributed by atoms with E-state index in [0.717, 1.165) is 34.9 Å². The number of nitrogens with zero attached hydrogens (tertiary/aromatic N) is 3. The van der Waals surface area contributed by atoms with E-state index >= 15 is 0 Å². The van der Waals surface area contributed by atoms with Gasteiger partial charge in [-0.15, -0.1) is 0 Å². The van der Waals surface area contributed by atoms with Crippen LogP contribution >= 0.6 is 0 Å². The Bertz CT molecular complexity index is 1710. The predicted molar refractivity (Wildman–Crippen MR) is 158 cm³/mol. The zero-order chi connectivity index (χ0) is 33.0. The Morgan fingerprint density at radius 3 is 2.56 bits per heavy atom. The lowest BCUT2D eigenvalue weighted by molar-refractivity contribution is -0.148. The van der Waals surface area contributed by atoms with Crippen LogP contribution in [0, 0.1) is 17.0 Å². The summed E-state index contributed by atoms with van der Waals surface area (Å²) in [6.45, 7) is 0.981. The van der Waals surface area contributed by atoms with Crippen LogP contribution in [-0.4, -0.2) is 59.1 Å². The fourth-order valence-corrected chi connectivity index (χ4v) is 6.64. The molecule has 0 bridgehead atoms. The largest absolute Gasteiger partial charge is 0.326 e. The zero-order valence-corrected chi connectivity index (χ0v) is 24.0. The van der Waals surface area contributed by atoms with E-state index in [2.05, 4.69) is 15.6 Å². The topological polar surface area (TPSA) is 94.6 Å². The SMILES string of the molecule is [3H]C([3H])([3H])N1CCC(C)(C(=O)N(CC(=O)Nc2ccc3c(c2)C[C@@]2(C3)C(=O)Nc3ncccc32)[C@H](C)c2cc(F)cc(F)c2)CC1. The number of carbonyl (C=O) groups is 3. The minimum atomic E-state index is -2.28. The Kier molecular flexibility index (Phi) is 6.38. The highest BCUT2D eigenvalue weighted by Gasteiger charge is 2.51. The minimum Gasteiger partial charge on any atom is -0.326 e. The first kappa shape index (κ1) is 25.3. The summed E-state index contributed by atoms with van der Waals surface area (Å²) in [5.41, 5.74) is 1.66. The van der Waals surface area contributed by atoms with Gasteiger partial charge in [-0.2, -0.15) is 0 Å². The molecule has 3 amide bonds. The van der Waals surface area contributed by atoms with Gasteiger partial charge < -0.3 is 20.4 Å². The minimum absolute atomic E-state index is 0.113. The fourth-order valence-electron chi connectivity index (χ4n) is 6.64.